The molecule has 2 aliphatic heterocycles. The van der Waals surface area contributed by atoms with Gasteiger partial charge in [-0.05, 0) is 30.7 Å². The molecule has 31 heavy (non-hydrogen) atoms. The van der Waals surface area contributed by atoms with E-state index in [4.69, 9.17) is 4.74 Å². The van der Waals surface area contributed by atoms with Crippen molar-refractivity contribution in [1.82, 2.24) is 9.80 Å². The van der Waals surface area contributed by atoms with Crippen molar-refractivity contribution in [2.75, 3.05) is 44.2 Å². The Bertz CT molecular complexity index is 979. The fraction of sp³-hybridized carbons (Fsp3) is 0.360. The lowest BCUT2D eigenvalue weighted by molar-refractivity contribution is -0.120. The van der Waals surface area contributed by atoms with Crippen molar-refractivity contribution in [2.24, 2.45) is 0 Å². The standard InChI is InChI=1S/C25H29N3O3/c1-3-18-31-21-13-9-8-12-20(21)28-24(29)22(19-10-6-5-7-11-19)23(25(28)30)27-16-14-26(4-2)15-17-27/h5-13H,3-4,14-18H2,1-2H3. The van der Waals surface area contributed by atoms with Gasteiger partial charge in [0, 0.05) is 26.2 Å². The third kappa shape index (κ3) is 4.08. The monoisotopic (exact) mass is 419 g/mol. The van der Waals surface area contributed by atoms with E-state index in [0.717, 1.165) is 44.7 Å². The van der Waals surface area contributed by atoms with Crippen LogP contribution in [0.1, 0.15) is 25.8 Å². The number of para-hydroxylation sites is 2. The van der Waals surface area contributed by atoms with Crippen molar-refractivity contribution >= 4 is 23.1 Å². The van der Waals surface area contributed by atoms with Crippen LogP contribution in [0, 0.1) is 0 Å². The van der Waals surface area contributed by atoms with E-state index in [1.54, 1.807) is 6.07 Å². The minimum Gasteiger partial charge on any atom is -0.491 e. The molecule has 2 aliphatic rings. The number of piperazine rings is 1. The number of hydrogen-bond donors (Lipinski definition) is 0. The minimum absolute atomic E-state index is 0.277. The van der Waals surface area contributed by atoms with Gasteiger partial charge in [0.15, 0.2) is 0 Å². The molecular weight excluding hydrogens is 390 g/mol. The first kappa shape index (κ1) is 21.1. The lowest BCUT2D eigenvalue weighted by Gasteiger charge is -2.36. The molecule has 1 saturated heterocycles. The van der Waals surface area contributed by atoms with Crippen LogP contribution in [0.25, 0.3) is 5.57 Å². The molecular formula is C25H29N3O3. The first-order valence-electron chi connectivity index (χ1n) is 11.0. The SMILES string of the molecule is CCCOc1ccccc1N1C(=O)C(c2ccccc2)=C(N2CCN(CC)CC2)C1=O. The van der Waals surface area contributed by atoms with Gasteiger partial charge in [-0.15, -0.1) is 0 Å². The lowest BCUT2D eigenvalue weighted by atomic mass is 10.0. The number of imide groups is 1. The molecule has 0 aliphatic carbocycles. The quantitative estimate of drug-likeness (QED) is 0.644. The Morgan fingerprint density at radius 3 is 2.19 bits per heavy atom. The highest BCUT2D eigenvalue weighted by Crippen LogP contribution is 2.38. The average Bonchev–Trinajstić information content (AvgIpc) is 3.08. The van der Waals surface area contributed by atoms with Gasteiger partial charge in [0.1, 0.15) is 11.4 Å². The van der Waals surface area contributed by atoms with Gasteiger partial charge >= 0.3 is 0 Å². The summed E-state index contributed by atoms with van der Waals surface area (Å²) in [6.07, 6.45) is 0.844. The maximum absolute atomic E-state index is 13.7. The van der Waals surface area contributed by atoms with Crippen molar-refractivity contribution < 1.29 is 14.3 Å². The second-order valence-electron chi connectivity index (χ2n) is 7.77. The van der Waals surface area contributed by atoms with Crippen LogP contribution in [0.5, 0.6) is 5.75 Å². The molecule has 0 bridgehead atoms. The zero-order valence-electron chi connectivity index (χ0n) is 18.2. The van der Waals surface area contributed by atoms with E-state index in [1.165, 1.54) is 4.90 Å². The Morgan fingerprint density at radius 2 is 1.52 bits per heavy atom. The number of rotatable bonds is 7. The van der Waals surface area contributed by atoms with E-state index in [0.29, 0.717) is 29.3 Å². The minimum atomic E-state index is -0.295. The Morgan fingerprint density at radius 1 is 0.839 bits per heavy atom. The zero-order valence-corrected chi connectivity index (χ0v) is 18.2. The highest BCUT2D eigenvalue weighted by Gasteiger charge is 2.43. The summed E-state index contributed by atoms with van der Waals surface area (Å²) in [6.45, 7) is 8.87. The highest BCUT2D eigenvalue weighted by molar-refractivity contribution is 6.45. The van der Waals surface area contributed by atoms with E-state index < -0.39 is 0 Å². The van der Waals surface area contributed by atoms with Crippen molar-refractivity contribution in [2.45, 2.75) is 20.3 Å². The molecule has 0 aromatic heterocycles. The van der Waals surface area contributed by atoms with Gasteiger partial charge in [0.05, 0.1) is 17.9 Å². The number of benzene rings is 2. The maximum Gasteiger partial charge on any atom is 0.282 e. The average molecular weight is 420 g/mol. The van der Waals surface area contributed by atoms with Crippen LogP contribution in [0.2, 0.25) is 0 Å². The van der Waals surface area contributed by atoms with Gasteiger partial charge in [-0.25, -0.2) is 4.90 Å². The Kier molecular flexibility index (Phi) is 6.37. The van der Waals surface area contributed by atoms with Gasteiger partial charge in [-0.2, -0.15) is 0 Å². The number of carbonyl (C=O) groups excluding carboxylic acids is 2. The molecule has 1 fully saturated rings. The third-order valence-electron chi connectivity index (χ3n) is 5.83. The van der Waals surface area contributed by atoms with Crippen LogP contribution in [0.15, 0.2) is 60.3 Å². The largest absolute Gasteiger partial charge is 0.491 e. The van der Waals surface area contributed by atoms with Crippen LogP contribution in [0.4, 0.5) is 5.69 Å². The predicted molar refractivity (Wildman–Crippen MR) is 122 cm³/mol. The second-order valence-corrected chi connectivity index (χ2v) is 7.77. The topological polar surface area (TPSA) is 53.1 Å². The number of anilines is 1. The maximum atomic E-state index is 13.7. The third-order valence-corrected chi connectivity index (χ3v) is 5.83. The Hall–Kier alpha value is -3.12. The molecule has 0 unspecified atom stereocenters. The van der Waals surface area contributed by atoms with Crippen molar-refractivity contribution in [1.29, 1.82) is 0 Å². The summed E-state index contributed by atoms with van der Waals surface area (Å²) < 4.78 is 5.86. The number of amides is 2. The lowest BCUT2D eigenvalue weighted by Crippen LogP contribution is -2.47. The van der Waals surface area contributed by atoms with Gasteiger partial charge in [-0.3, -0.25) is 9.59 Å². The van der Waals surface area contributed by atoms with Crippen molar-refractivity contribution in [3.05, 3.63) is 65.9 Å². The van der Waals surface area contributed by atoms with E-state index in [2.05, 4.69) is 16.7 Å². The van der Waals surface area contributed by atoms with Gasteiger partial charge in [0.2, 0.25) is 0 Å². The smallest absolute Gasteiger partial charge is 0.282 e. The summed E-state index contributed by atoms with van der Waals surface area (Å²) in [4.78, 5) is 33.1. The molecule has 2 aromatic carbocycles. The number of ether oxygens (including phenoxy) is 1. The van der Waals surface area contributed by atoms with Gasteiger partial charge in [0.25, 0.3) is 11.8 Å². The molecule has 0 spiro atoms. The molecule has 2 aromatic rings. The summed E-state index contributed by atoms with van der Waals surface area (Å²) in [5, 5.41) is 0. The van der Waals surface area contributed by atoms with Crippen LogP contribution < -0.4 is 9.64 Å². The number of nitrogens with zero attached hydrogens (tertiary/aromatic N) is 3. The highest BCUT2D eigenvalue weighted by atomic mass is 16.5. The van der Waals surface area contributed by atoms with E-state index >= 15 is 0 Å². The first-order chi connectivity index (χ1) is 15.2. The predicted octanol–water partition coefficient (Wildman–Crippen LogP) is 3.40. The van der Waals surface area contributed by atoms with Gasteiger partial charge in [-0.1, -0.05) is 56.3 Å². The Labute approximate surface area is 183 Å². The van der Waals surface area contributed by atoms with E-state index in [-0.39, 0.29) is 11.8 Å². The molecule has 0 radical (unpaired) electrons. The normalized spacial score (nSPS) is 17.6. The fourth-order valence-corrected chi connectivity index (χ4v) is 4.16. The summed E-state index contributed by atoms with van der Waals surface area (Å²) in [6, 6.07) is 16.8. The molecule has 4 rings (SSSR count). The molecule has 0 atom stereocenters. The summed E-state index contributed by atoms with van der Waals surface area (Å²) in [5.41, 5.74) is 2.24. The van der Waals surface area contributed by atoms with Gasteiger partial charge < -0.3 is 14.5 Å². The van der Waals surface area contributed by atoms with Crippen molar-refractivity contribution in [3.63, 3.8) is 0 Å². The summed E-state index contributed by atoms with van der Waals surface area (Å²) >= 11 is 0. The number of likely N-dealkylation sites (N-methyl/N-ethyl adjacent to an activating group) is 1. The van der Waals surface area contributed by atoms with Crippen LogP contribution >= 0.6 is 0 Å². The second kappa shape index (κ2) is 9.35. The van der Waals surface area contributed by atoms with E-state index in [1.807, 2.05) is 55.5 Å². The molecule has 0 N–H and O–H groups in total. The Balaban J connectivity index is 1.75. The van der Waals surface area contributed by atoms with Crippen LogP contribution in [0.3, 0.4) is 0 Å². The van der Waals surface area contributed by atoms with Crippen LogP contribution in [-0.2, 0) is 9.59 Å². The first-order valence-corrected chi connectivity index (χ1v) is 11.0. The molecule has 0 saturated carbocycles. The molecule has 2 heterocycles. The number of carbonyl (C=O) groups is 2. The fourth-order valence-electron chi connectivity index (χ4n) is 4.16. The summed E-state index contributed by atoms with van der Waals surface area (Å²) in [5.74, 6) is -0.0199. The zero-order chi connectivity index (χ0) is 21.8. The van der Waals surface area contributed by atoms with Crippen LogP contribution in [-0.4, -0.2) is 60.9 Å². The summed E-state index contributed by atoms with van der Waals surface area (Å²) in [7, 11) is 0. The molecule has 6 heteroatoms. The van der Waals surface area contributed by atoms with E-state index in [9.17, 15) is 9.59 Å². The molecule has 162 valence electrons. The molecule has 2 amide bonds. The van der Waals surface area contributed by atoms with Crippen molar-refractivity contribution in [3.8, 4) is 5.75 Å². The number of hydrogen-bond acceptors (Lipinski definition) is 5. The molecule has 6 nitrogen and oxygen atoms in total.